The van der Waals surface area contributed by atoms with Gasteiger partial charge in [-0.25, -0.2) is 8.42 Å². The van der Waals surface area contributed by atoms with Gasteiger partial charge >= 0.3 is 0 Å². The second kappa shape index (κ2) is 9.75. The van der Waals surface area contributed by atoms with Crippen molar-refractivity contribution in [1.29, 1.82) is 0 Å². The summed E-state index contributed by atoms with van der Waals surface area (Å²) < 4.78 is 33.7. The molecule has 2 aromatic carbocycles. The maximum Gasteiger partial charge on any atom is 0.261 e. The van der Waals surface area contributed by atoms with Crippen molar-refractivity contribution in [2.75, 3.05) is 11.3 Å². The quantitative estimate of drug-likeness (QED) is 0.357. The van der Waals surface area contributed by atoms with Crippen LogP contribution in [0.2, 0.25) is 0 Å². The summed E-state index contributed by atoms with van der Waals surface area (Å²) in [7, 11) is -3.98. The fourth-order valence-electron chi connectivity index (χ4n) is 3.31. The summed E-state index contributed by atoms with van der Waals surface area (Å²) in [6, 6.07) is 14.1. The van der Waals surface area contributed by atoms with E-state index < -0.39 is 21.4 Å². The van der Waals surface area contributed by atoms with E-state index in [4.69, 9.17) is 4.74 Å². The molecule has 0 atom stereocenters. The number of amides is 1. The molecule has 4 aromatic rings. The third-order valence-corrected chi connectivity index (χ3v) is 6.38. The zero-order valence-electron chi connectivity index (χ0n) is 18.2. The predicted octanol–water partition coefficient (Wildman–Crippen LogP) is 3.05. The summed E-state index contributed by atoms with van der Waals surface area (Å²) in [5, 5.41) is 2.76. The van der Waals surface area contributed by atoms with E-state index in [1.807, 2.05) is 6.92 Å². The van der Waals surface area contributed by atoms with Crippen molar-refractivity contribution < 1.29 is 17.9 Å². The molecule has 0 aliphatic rings. The van der Waals surface area contributed by atoms with Crippen LogP contribution in [0, 0.1) is 0 Å². The number of fused-ring (bicyclic) bond motifs is 1. The lowest BCUT2D eigenvalue weighted by Gasteiger charge is -2.10. The Hall–Kier alpha value is -4.18. The van der Waals surface area contributed by atoms with Crippen LogP contribution < -0.4 is 20.2 Å². The molecule has 4 rings (SSSR count). The molecule has 3 N–H and O–H groups in total. The first kappa shape index (κ1) is 23.0. The molecule has 0 spiro atoms. The van der Waals surface area contributed by atoms with Crippen molar-refractivity contribution in [2.45, 2.75) is 18.4 Å². The fraction of sp³-hybridized carbons (Fsp3) is 0.125. The highest BCUT2D eigenvalue weighted by Gasteiger charge is 2.18. The fourth-order valence-corrected chi connectivity index (χ4v) is 4.40. The van der Waals surface area contributed by atoms with E-state index in [0.29, 0.717) is 23.6 Å². The summed E-state index contributed by atoms with van der Waals surface area (Å²) >= 11 is 0. The number of hydrogen-bond donors (Lipinski definition) is 3. The van der Waals surface area contributed by atoms with Crippen LogP contribution in [0.5, 0.6) is 5.75 Å². The Labute approximate surface area is 195 Å². The van der Waals surface area contributed by atoms with Crippen LogP contribution in [0.3, 0.4) is 0 Å². The summed E-state index contributed by atoms with van der Waals surface area (Å²) in [6.45, 7) is 2.55. The van der Waals surface area contributed by atoms with E-state index in [0.717, 1.165) is 5.56 Å². The Morgan fingerprint density at radius 1 is 1.12 bits per heavy atom. The number of carbonyl (C=O) groups excluding carboxylic acids is 1. The number of anilines is 1. The number of pyridine rings is 2. The van der Waals surface area contributed by atoms with Crippen LogP contribution in [-0.2, 0) is 16.6 Å². The van der Waals surface area contributed by atoms with Crippen LogP contribution in [-0.4, -0.2) is 30.9 Å². The number of ether oxygens (including phenoxy) is 1. The normalized spacial score (nSPS) is 11.2. The summed E-state index contributed by atoms with van der Waals surface area (Å²) in [5.41, 5.74) is 0.845. The number of rotatable bonds is 8. The molecule has 9 nitrogen and oxygen atoms in total. The first-order chi connectivity index (χ1) is 16.4. The minimum atomic E-state index is -3.98. The lowest BCUT2D eigenvalue weighted by atomic mass is 10.1. The van der Waals surface area contributed by atoms with Crippen molar-refractivity contribution in [3.63, 3.8) is 0 Å². The molecule has 0 saturated heterocycles. The van der Waals surface area contributed by atoms with Crippen molar-refractivity contribution in [1.82, 2.24) is 15.3 Å². The van der Waals surface area contributed by atoms with Gasteiger partial charge in [-0.15, -0.1) is 0 Å². The molecule has 0 aliphatic heterocycles. The van der Waals surface area contributed by atoms with Crippen LogP contribution >= 0.6 is 0 Å². The number of nitrogens with one attached hydrogen (secondary N) is 3. The van der Waals surface area contributed by atoms with Gasteiger partial charge in [0.25, 0.3) is 15.9 Å². The van der Waals surface area contributed by atoms with Crippen molar-refractivity contribution in [2.24, 2.45) is 0 Å². The van der Waals surface area contributed by atoms with E-state index in [2.05, 4.69) is 20.0 Å². The highest BCUT2D eigenvalue weighted by Crippen LogP contribution is 2.21. The van der Waals surface area contributed by atoms with Crippen LogP contribution in [0.4, 0.5) is 5.69 Å². The highest BCUT2D eigenvalue weighted by atomic mass is 32.2. The Kier molecular flexibility index (Phi) is 6.60. The zero-order valence-corrected chi connectivity index (χ0v) is 19.1. The lowest BCUT2D eigenvalue weighted by molar-refractivity contribution is 0.0949. The van der Waals surface area contributed by atoms with E-state index >= 15 is 0 Å². The Bertz CT molecular complexity index is 1480. The smallest absolute Gasteiger partial charge is 0.261 e. The molecule has 0 bridgehead atoms. The topological polar surface area (TPSA) is 130 Å². The van der Waals surface area contributed by atoms with Gasteiger partial charge in [0, 0.05) is 41.7 Å². The van der Waals surface area contributed by atoms with E-state index in [9.17, 15) is 18.0 Å². The molecule has 2 heterocycles. The van der Waals surface area contributed by atoms with Gasteiger partial charge < -0.3 is 15.0 Å². The monoisotopic (exact) mass is 478 g/mol. The molecule has 34 heavy (non-hydrogen) atoms. The number of hydrogen-bond acceptors (Lipinski definition) is 6. The SMILES string of the molecule is CCOc1ccc(NS(=O)(=O)c2ccc3[nH]cc(C(=O)NCc4cccnc4)c(=O)c3c2)cc1. The Morgan fingerprint density at radius 2 is 1.91 bits per heavy atom. The van der Waals surface area contributed by atoms with Crippen molar-refractivity contribution in [3.8, 4) is 5.75 Å². The van der Waals surface area contributed by atoms with Crippen LogP contribution in [0.25, 0.3) is 10.9 Å². The molecule has 0 radical (unpaired) electrons. The third kappa shape index (κ3) is 5.07. The average molecular weight is 479 g/mol. The van der Waals surface area contributed by atoms with Gasteiger partial charge in [-0.1, -0.05) is 6.07 Å². The van der Waals surface area contributed by atoms with Gasteiger partial charge in [-0.2, -0.15) is 0 Å². The van der Waals surface area contributed by atoms with Gasteiger partial charge in [0.05, 0.1) is 11.5 Å². The standard InChI is InChI=1S/C24H22N4O5S/c1-2-33-18-7-5-17(6-8-18)28-34(31,32)19-9-10-22-20(12-19)23(29)21(15-26-22)24(30)27-14-16-4-3-11-25-13-16/h3-13,15,28H,2,14H2,1H3,(H,26,29)(H,27,30). The minimum Gasteiger partial charge on any atom is -0.494 e. The van der Waals surface area contributed by atoms with Gasteiger partial charge in [0.2, 0.25) is 5.43 Å². The number of nitrogens with zero attached hydrogens (tertiary/aromatic N) is 1. The Morgan fingerprint density at radius 3 is 2.62 bits per heavy atom. The largest absolute Gasteiger partial charge is 0.494 e. The van der Waals surface area contributed by atoms with E-state index in [-0.39, 0.29) is 22.4 Å². The number of aromatic amines is 1. The van der Waals surface area contributed by atoms with E-state index in [1.165, 1.54) is 24.4 Å². The molecule has 10 heteroatoms. The first-order valence-electron chi connectivity index (χ1n) is 10.5. The molecule has 0 saturated carbocycles. The van der Waals surface area contributed by atoms with Gasteiger partial charge in [-0.3, -0.25) is 19.3 Å². The number of aromatic nitrogens is 2. The Balaban J connectivity index is 1.59. The molecule has 2 aromatic heterocycles. The van der Waals surface area contributed by atoms with Crippen molar-refractivity contribution >= 4 is 32.5 Å². The van der Waals surface area contributed by atoms with Crippen LogP contribution in [0.15, 0.2) is 82.9 Å². The van der Waals surface area contributed by atoms with Gasteiger partial charge in [0.1, 0.15) is 11.3 Å². The number of carbonyl (C=O) groups is 1. The van der Waals surface area contributed by atoms with Gasteiger partial charge in [0.15, 0.2) is 0 Å². The first-order valence-corrected chi connectivity index (χ1v) is 11.9. The molecule has 0 fully saturated rings. The highest BCUT2D eigenvalue weighted by molar-refractivity contribution is 7.92. The molecular formula is C24H22N4O5S. The maximum atomic E-state index is 13.0. The van der Waals surface area contributed by atoms with Gasteiger partial charge in [-0.05, 0) is 61.0 Å². The van der Waals surface area contributed by atoms with E-state index in [1.54, 1.807) is 48.8 Å². The zero-order chi connectivity index (χ0) is 24.1. The maximum absolute atomic E-state index is 13.0. The number of benzene rings is 2. The van der Waals surface area contributed by atoms with Crippen molar-refractivity contribution in [3.05, 3.63) is 94.5 Å². The molecule has 0 unspecified atom stereocenters. The number of sulfonamides is 1. The second-order valence-corrected chi connectivity index (χ2v) is 9.03. The van der Waals surface area contributed by atoms with Crippen LogP contribution in [0.1, 0.15) is 22.8 Å². The third-order valence-electron chi connectivity index (χ3n) is 5.00. The second-order valence-electron chi connectivity index (χ2n) is 7.35. The number of H-pyrrole nitrogens is 1. The molecule has 0 aliphatic carbocycles. The summed E-state index contributed by atoms with van der Waals surface area (Å²) in [6.07, 6.45) is 4.55. The molecule has 174 valence electrons. The minimum absolute atomic E-state index is 0.0867. The summed E-state index contributed by atoms with van der Waals surface area (Å²) in [4.78, 5) is 32.3. The molecular weight excluding hydrogens is 456 g/mol. The summed E-state index contributed by atoms with van der Waals surface area (Å²) in [5.74, 6) is 0.0461. The molecule has 1 amide bonds. The lowest BCUT2D eigenvalue weighted by Crippen LogP contribution is -2.28. The average Bonchev–Trinajstić information content (AvgIpc) is 2.84. The predicted molar refractivity (Wildman–Crippen MR) is 128 cm³/mol.